The van der Waals surface area contributed by atoms with E-state index in [1.165, 1.54) is 0 Å². The molecular formula is C13H11ClN2O2. The van der Waals surface area contributed by atoms with Crippen molar-refractivity contribution in [3.05, 3.63) is 47.2 Å². The Labute approximate surface area is 110 Å². The molecule has 2 heterocycles. The highest BCUT2D eigenvalue weighted by Gasteiger charge is 2.28. The van der Waals surface area contributed by atoms with Crippen molar-refractivity contribution in [3.8, 4) is 11.4 Å². The SMILES string of the molecule is CC1OC(c2cnc(-c3ccc(Cl)cc3)nc2)O1. The lowest BCUT2D eigenvalue weighted by Gasteiger charge is -2.33. The van der Waals surface area contributed by atoms with E-state index in [2.05, 4.69) is 9.97 Å². The second-order valence-electron chi connectivity index (χ2n) is 4.02. The summed E-state index contributed by atoms with van der Waals surface area (Å²) >= 11 is 5.83. The van der Waals surface area contributed by atoms with Crippen LogP contribution in [0.1, 0.15) is 18.8 Å². The second-order valence-corrected chi connectivity index (χ2v) is 4.46. The second kappa shape index (κ2) is 4.65. The van der Waals surface area contributed by atoms with Gasteiger partial charge in [-0.05, 0) is 31.2 Å². The lowest BCUT2D eigenvalue weighted by atomic mass is 10.2. The van der Waals surface area contributed by atoms with Gasteiger partial charge in [0, 0.05) is 28.5 Å². The van der Waals surface area contributed by atoms with Crippen LogP contribution in [0, 0.1) is 0 Å². The van der Waals surface area contributed by atoms with Gasteiger partial charge in [0.05, 0.1) is 0 Å². The summed E-state index contributed by atoms with van der Waals surface area (Å²) in [4.78, 5) is 8.58. The summed E-state index contributed by atoms with van der Waals surface area (Å²) in [5.41, 5.74) is 1.75. The average molecular weight is 263 g/mol. The molecule has 3 rings (SSSR count). The van der Waals surface area contributed by atoms with E-state index in [-0.39, 0.29) is 12.6 Å². The third-order valence-electron chi connectivity index (χ3n) is 2.68. The first kappa shape index (κ1) is 11.6. The van der Waals surface area contributed by atoms with E-state index in [0.29, 0.717) is 10.8 Å². The van der Waals surface area contributed by atoms with Crippen molar-refractivity contribution >= 4 is 11.6 Å². The van der Waals surface area contributed by atoms with Crippen LogP contribution in [0.5, 0.6) is 0 Å². The molecule has 18 heavy (non-hydrogen) atoms. The molecule has 92 valence electrons. The van der Waals surface area contributed by atoms with Crippen LogP contribution in [0.15, 0.2) is 36.7 Å². The summed E-state index contributed by atoms with van der Waals surface area (Å²) in [7, 11) is 0. The molecule has 1 aromatic carbocycles. The molecule has 1 aromatic heterocycles. The monoisotopic (exact) mass is 262 g/mol. The molecule has 2 aromatic rings. The fourth-order valence-corrected chi connectivity index (χ4v) is 1.85. The minimum atomic E-state index is -0.334. The fraction of sp³-hybridized carbons (Fsp3) is 0.231. The number of ether oxygens (including phenoxy) is 2. The smallest absolute Gasteiger partial charge is 0.192 e. The molecule has 1 aliphatic rings. The van der Waals surface area contributed by atoms with Crippen molar-refractivity contribution in [1.29, 1.82) is 0 Å². The molecule has 4 nitrogen and oxygen atoms in total. The van der Waals surface area contributed by atoms with Gasteiger partial charge in [0.25, 0.3) is 0 Å². The standard InChI is InChI=1S/C13H11ClN2O2/c1-8-17-13(18-8)10-6-15-12(16-7-10)9-2-4-11(14)5-3-9/h2-8,13H,1H3. The fourth-order valence-electron chi connectivity index (χ4n) is 1.72. The molecule has 0 N–H and O–H groups in total. The summed E-state index contributed by atoms with van der Waals surface area (Å²) in [5.74, 6) is 0.655. The van der Waals surface area contributed by atoms with Crippen molar-refractivity contribution in [3.63, 3.8) is 0 Å². The third kappa shape index (κ3) is 2.22. The van der Waals surface area contributed by atoms with Gasteiger partial charge < -0.3 is 9.47 Å². The largest absolute Gasteiger partial charge is 0.319 e. The Hall–Kier alpha value is -1.49. The number of benzene rings is 1. The highest BCUT2D eigenvalue weighted by Crippen LogP contribution is 2.30. The van der Waals surface area contributed by atoms with Crippen molar-refractivity contribution in [1.82, 2.24) is 9.97 Å². The van der Waals surface area contributed by atoms with Gasteiger partial charge >= 0.3 is 0 Å². The van der Waals surface area contributed by atoms with Gasteiger partial charge in [-0.25, -0.2) is 9.97 Å². The van der Waals surface area contributed by atoms with Gasteiger partial charge in [-0.3, -0.25) is 0 Å². The lowest BCUT2D eigenvalue weighted by Crippen LogP contribution is -2.31. The molecule has 0 atom stereocenters. The molecule has 1 fully saturated rings. The number of hydrogen-bond acceptors (Lipinski definition) is 4. The molecule has 1 aliphatic heterocycles. The van der Waals surface area contributed by atoms with Crippen LogP contribution in [0.2, 0.25) is 5.02 Å². The van der Waals surface area contributed by atoms with E-state index in [9.17, 15) is 0 Å². The summed E-state index contributed by atoms with van der Waals surface area (Å²) in [6.07, 6.45) is 2.95. The van der Waals surface area contributed by atoms with E-state index in [4.69, 9.17) is 21.1 Å². The van der Waals surface area contributed by atoms with Gasteiger partial charge in [-0.15, -0.1) is 0 Å². The zero-order valence-electron chi connectivity index (χ0n) is 9.71. The highest BCUT2D eigenvalue weighted by atomic mass is 35.5. The highest BCUT2D eigenvalue weighted by molar-refractivity contribution is 6.30. The van der Waals surface area contributed by atoms with Crippen molar-refractivity contribution in [2.24, 2.45) is 0 Å². The van der Waals surface area contributed by atoms with E-state index < -0.39 is 0 Å². The van der Waals surface area contributed by atoms with Crippen LogP contribution in [0.25, 0.3) is 11.4 Å². The Morgan fingerprint density at radius 2 is 1.67 bits per heavy atom. The minimum Gasteiger partial charge on any atom is -0.319 e. The first-order chi connectivity index (χ1) is 8.72. The van der Waals surface area contributed by atoms with Crippen LogP contribution in [-0.2, 0) is 9.47 Å². The van der Waals surface area contributed by atoms with Gasteiger partial charge in [0.2, 0.25) is 0 Å². The molecule has 0 spiro atoms. The van der Waals surface area contributed by atoms with E-state index >= 15 is 0 Å². The maximum atomic E-state index is 5.83. The first-order valence-electron chi connectivity index (χ1n) is 5.61. The topological polar surface area (TPSA) is 44.2 Å². The molecule has 0 saturated carbocycles. The van der Waals surface area contributed by atoms with Gasteiger partial charge in [-0.2, -0.15) is 0 Å². The molecule has 0 amide bonds. The van der Waals surface area contributed by atoms with Crippen molar-refractivity contribution in [2.75, 3.05) is 0 Å². The summed E-state index contributed by atoms with van der Waals surface area (Å²) < 4.78 is 10.7. The van der Waals surface area contributed by atoms with Gasteiger partial charge in [0.15, 0.2) is 18.4 Å². The lowest BCUT2D eigenvalue weighted by molar-refractivity contribution is -0.382. The summed E-state index contributed by atoms with van der Waals surface area (Å²) in [5, 5.41) is 0.695. The zero-order chi connectivity index (χ0) is 12.5. The van der Waals surface area contributed by atoms with Crippen LogP contribution >= 0.6 is 11.6 Å². The predicted molar refractivity (Wildman–Crippen MR) is 66.9 cm³/mol. The summed E-state index contributed by atoms with van der Waals surface area (Å²) in [6.45, 7) is 1.85. The third-order valence-corrected chi connectivity index (χ3v) is 2.93. The molecule has 5 heteroatoms. The molecule has 0 unspecified atom stereocenters. The van der Waals surface area contributed by atoms with Crippen LogP contribution in [0.3, 0.4) is 0 Å². The number of nitrogens with zero attached hydrogens (tertiary/aromatic N) is 2. The van der Waals surface area contributed by atoms with Gasteiger partial charge in [-0.1, -0.05) is 11.6 Å². The molecule has 0 bridgehead atoms. The Morgan fingerprint density at radius 1 is 1.06 bits per heavy atom. The van der Waals surface area contributed by atoms with Crippen molar-refractivity contribution in [2.45, 2.75) is 19.5 Å². The van der Waals surface area contributed by atoms with Crippen LogP contribution in [0.4, 0.5) is 0 Å². The molecular weight excluding hydrogens is 252 g/mol. The molecule has 0 radical (unpaired) electrons. The average Bonchev–Trinajstić information content (AvgIpc) is 2.36. The number of halogens is 1. The number of rotatable bonds is 2. The minimum absolute atomic E-state index is 0.147. The Balaban J connectivity index is 1.80. The maximum absolute atomic E-state index is 5.83. The Kier molecular flexibility index (Phi) is 2.99. The van der Waals surface area contributed by atoms with Crippen LogP contribution in [-0.4, -0.2) is 16.3 Å². The normalized spacial score (nSPS) is 22.6. The summed E-state index contributed by atoms with van der Waals surface area (Å²) in [6, 6.07) is 7.40. The maximum Gasteiger partial charge on any atom is 0.192 e. The molecule has 0 aliphatic carbocycles. The van der Waals surface area contributed by atoms with E-state index in [1.807, 2.05) is 31.2 Å². The van der Waals surface area contributed by atoms with E-state index in [1.54, 1.807) is 12.4 Å². The molecule has 1 saturated heterocycles. The van der Waals surface area contributed by atoms with Crippen molar-refractivity contribution < 1.29 is 9.47 Å². The quantitative estimate of drug-likeness (QED) is 0.834. The van der Waals surface area contributed by atoms with E-state index in [0.717, 1.165) is 11.1 Å². The Bertz CT molecular complexity index is 536. The zero-order valence-corrected chi connectivity index (χ0v) is 10.5. The Morgan fingerprint density at radius 3 is 2.22 bits per heavy atom. The van der Waals surface area contributed by atoms with Crippen LogP contribution < -0.4 is 0 Å². The predicted octanol–water partition coefficient (Wildman–Crippen LogP) is 3.19. The number of hydrogen-bond donors (Lipinski definition) is 0. The first-order valence-corrected chi connectivity index (χ1v) is 5.99. The number of aromatic nitrogens is 2. The van der Waals surface area contributed by atoms with Gasteiger partial charge in [0.1, 0.15) is 0 Å².